The number of halogens is 2. The van der Waals surface area contributed by atoms with Crippen LogP contribution in [0.4, 0.5) is 0 Å². The molecule has 132 valence electrons. The summed E-state index contributed by atoms with van der Waals surface area (Å²) >= 11 is 12.2. The van der Waals surface area contributed by atoms with Crippen LogP contribution in [-0.4, -0.2) is 55.0 Å². The Morgan fingerprint density at radius 2 is 1.71 bits per heavy atom. The average Bonchev–Trinajstić information content (AvgIpc) is 3.12. The third-order valence-electron chi connectivity index (χ3n) is 4.93. The summed E-state index contributed by atoms with van der Waals surface area (Å²) in [6.45, 7) is 5.17. The summed E-state index contributed by atoms with van der Waals surface area (Å²) in [6, 6.07) is 5.36. The van der Waals surface area contributed by atoms with E-state index in [1.54, 1.807) is 18.2 Å². The smallest absolute Gasteiger partial charge is 0.225 e. The van der Waals surface area contributed by atoms with Gasteiger partial charge in [0.25, 0.3) is 0 Å². The number of carbonyl (C=O) groups is 1. The molecular weight excluding hydrogens is 347 g/mol. The molecule has 1 amide bonds. The number of hydrogen-bond acceptors (Lipinski definition) is 3. The molecule has 2 fully saturated rings. The van der Waals surface area contributed by atoms with Crippen molar-refractivity contribution in [2.45, 2.75) is 25.7 Å². The number of rotatable bonds is 5. The van der Waals surface area contributed by atoms with Crippen LogP contribution in [0.3, 0.4) is 0 Å². The first kappa shape index (κ1) is 17.8. The van der Waals surface area contributed by atoms with Crippen molar-refractivity contribution in [3.05, 3.63) is 28.2 Å². The number of para-hydroxylation sites is 1. The highest BCUT2D eigenvalue weighted by Gasteiger charge is 2.29. The van der Waals surface area contributed by atoms with Crippen LogP contribution >= 0.6 is 23.2 Å². The highest BCUT2D eigenvalue weighted by atomic mass is 35.5. The second-order valence-electron chi connectivity index (χ2n) is 6.55. The number of piperidine rings is 1. The zero-order chi connectivity index (χ0) is 16.9. The van der Waals surface area contributed by atoms with Gasteiger partial charge in [0.15, 0.2) is 5.75 Å². The van der Waals surface area contributed by atoms with Gasteiger partial charge in [0.2, 0.25) is 5.91 Å². The van der Waals surface area contributed by atoms with Crippen LogP contribution in [0, 0.1) is 5.92 Å². The molecule has 0 spiro atoms. The van der Waals surface area contributed by atoms with Gasteiger partial charge in [0.05, 0.1) is 10.0 Å². The molecule has 2 heterocycles. The average molecular weight is 371 g/mol. The maximum atomic E-state index is 12.4. The first-order valence-electron chi connectivity index (χ1n) is 8.73. The zero-order valence-electron chi connectivity index (χ0n) is 13.8. The van der Waals surface area contributed by atoms with Gasteiger partial charge in [-0.2, -0.15) is 0 Å². The van der Waals surface area contributed by atoms with Crippen molar-refractivity contribution in [1.29, 1.82) is 0 Å². The predicted octanol–water partition coefficient (Wildman–Crippen LogP) is 3.71. The summed E-state index contributed by atoms with van der Waals surface area (Å²) in [4.78, 5) is 16.8. The van der Waals surface area contributed by atoms with E-state index in [4.69, 9.17) is 27.9 Å². The number of carbonyl (C=O) groups excluding carboxylic acids is 1. The summed E-state index contributed by atoms with van der Waals surface area (Å²) in [5, 5.41) is 1.08. The Hall–Kier alpha value is -0.970. The lowest BCUT2D eigenvalue weighted by atomic mass is 9.95. The van der Waals surface area contributed by atoms with Crippen molar-refractivity contribution in [1.82, 2.24) is 9.80 Å². The van der Waals surface area contributed by atoms with Crippen molar-refractivity contribution in [3.63, 3.8) is 0 Å². The van der Waals surface area contributed by atoms with Gasteiger partial charge < -0.3 is 9.64 Å². The molecule has 2 aliphatic heterocycles. The number of nitrogens with zero attached hydrogens (tertiary/aromatic N) is 2. The van der Waals surface area contributed by atoms with E-state index < -0.39 is 0 Å². The van der Waals surface area contributed by atoms with Crippen molar-refractivity contribution in [2.75, 3.05) is 39.3 Å². The van der Waals surface area contributed by atoms with E-state index in [2.05, 4.69) is 4.90 Å². The first-order chi connectivity index (χ1) is 11.6. The quantitative estimate of drug-likeness (QED) is 0.791. The molecule has 1 aromatic rings. The molecule has 0 bridgehead atoms. The molecule has 3 rings (SSSR count). The Morgan fingerprint density at radius 1 is 1.08 bits per heavy atom. The maximum Gasteiger partial charge on any atom is 0.225 e. The minimum Gasteiger partial charge on any atom is -0.489 e. The molecule has 2 aliphatic rings. The lowest BCUT2D eigenvalue weighted by molar-refractivity contribution is -0.136. The second kappa shape index (κ2) is 8.41. The minimum absolute atomic E-state index is 0.207. The monoisotopic (exact) mass is 370 g/mol. The van der Waals surface area contributed by atoms with Crippen molar-refractivity contribution < 1.29 is 9.53 Å². The van der Waals surface area contributed by atoms with E-state index in [0.29, 0.717) is 28.3 Å². The van der Waals surface area contributed by atoms with Gasteiger partial charge in [-0.05, 0) is 50.9 Å². The van der Waals surface area contributed by atoms with E-state index in [9.17, 15) is 4.79 Å². The molecule has 0 unspecified atom stereocenters. The summed E-state index contributed by atoms with van der Waals surface area (Å²) in [5.74, 6) is 1.13. The van der Waals surface area contributed by atoms with E-state index in [-0.39, 0.29) is 5.92 Å². The largest absolute Gasteiger partial charge is 0.489 e. The molecule has 0 aliphatic carbocycles. The van der Waals surface area contributed by atoms with Gasteiger partial charge >= 0.3 is 0 Å². The van der Waals surface area contributed by atoms with Crippen LogP contribution in [0.15, 0.2) is 18.2 Å². The molecule has 0 atom stereocenters. The van der Waals surface area contributed by atoms with Gasteiger partial charge in [0, 0.05) is 25.6 Å². The molecule has 6 heteroatoms. The highest BCUT2D eigenvalue weighted by Crippen LogP contribution is 2.32. The summed E-state index contributed by atoms with van der Waals surface area (Å²) in [6.07, 6.45) is 4.21. The third kappa shape index (κ3) is 4.35. The second-order valence-corrected chi connectivity index (χ2v) is 7.36. The fraction of sp³-hybridized carbons (Fsp3) is 0.611. The van der Waals surface area contributed by atoms with Crippen LogP contribution in [0.2, 0.25) is 10.0 Å². The van der Waals surface area contributed by atoms with Crippen molar-refractivity contribution in [3.8, 4) is 5.75 Å². The van der Waals surface area contributed by atoms with Gasteiger partial charge in [-0.15, -0.1) is 0 Å². The Bertz CT molecular complexity index is 548. The highest BCUT2D eigenvalue weighted by molar-refractivity contribution is 6.37. The van der Waals surface area contributed by atoms with Crippen molar-refractivity contribution >= 4 is 29.1 Å². The van der Waals surface area contributed by atoms with Gasteiger partial charge in [-0.3, -0.25) is 9.69 Å². The normalized spacial score (nSPS) is 19.7. The standard InChI is InChI=1S/C18H24Cl2N2O2/c19-15-4-3-5-16(20)17(15)24-13-12-21-10-6-14(7-11-21)18(23)22-8-1-2-9-22/h3-5,14H,1-2,6-13H2. The summed E-state index contributed by atoms with van der Waals surface area (Å²) < 4.78 is 5.75. The molecule has 0 aromatic heterocycles. The molecule has 0 N–H and O–H groups in total. The number of likely N-dealkylation sites (tertiary alicyclic amines) is 2. The van der Waals surface area contributed by atoms with Gasteiger partial charge in [-0.25, -0.2) is 0 Å². The van der Waals surface area contributed by atoms with Crippen LogP contribution in [0.5, 0.6) is 5.75 Å². The number of hydrogen-bond donors (Lipinski definition) is 0. The Morgan fingerprint density at radius 3 is 2.33 bits per heavy atom. The molecule has 4 nitrogen and oxygen atoms in total. The number of benzene rings is 1. The van der Waals surface area contributed by atoms with E-state index in [1.165, 1.54) is 0 Å². The van der Waals surface area contributed by atoms with E-state index in [1.807, 2.05) is 4.90 Å². The molecule has 0 saturated carbocycles. The fourth-order valence-electron chi connectivity index (χ4n) is 3.50. The Kier molecular flexibility index (Phi) is 6.25. The van der Waals surface area contributed by atoms with Crippen LogP contribution in [0.1, 0.15) is 25.7 Å². The zero-order valence-corrected chi connectivity index (χ0v) is 15.4. The number of amides is 1. The van der Waals surface area contributed by atoms with E-state index in [0.717, 1.165) is 58.4 Å². The van der Waals surface area contributed by atoms with Crippen molar-refractivity contribution in [2.24, 2.45) is 5.92 Å². The van der Waals surface area contributed by atoms with Crippen LogP contribution in [0.25, 0.3) is 0 Å². The lowest BCUT2D eigenvalue weighted by Crippen LogP contribution is -2.42. The van der Waals surface area contributed by atoms with Crippen LogP contribution < -0.4 is 4.74 Å². The molecule has 24 heavy (non-hydrogen) atoms. The summed E-state index contributed by atoms with van der Waals surface area (Å²) in [7, 11) is 0. The summed E-state index contributed by atoms with van der Waals surface area (Å²) in [5.41, 5.74) is 0. The van der Waals surface area contributed by atoms with Gasteiger partial charge in [0.1, 0.15) is 6.61 Å². The topological polar surface area (TPSA) is 32.8 Å². The minimum atomic E-state index is 0.207. The molecular formula is C18H24Cl2N2O2. The SMILES string of the molecule is O=C(C1CCN(CCOc2c(Cl)cccc2Cl)CC1)N1CCCC1. The third-order valence-corrected chi connectivity index (χ3v) is 5.52. The molecule has 1 aromatic carbocycles. The van der Waals surface area contributed by atoms with Gasteiger partial charge in [-0.1, -0.05) is 29.3 Å². The lowest BCUT2D eigenvalue weighted by Gasteiger charge is -2.33. The Labute approximate surface area is 153 Å². The Balaban J connectivity index is 1.40. The first-order valence-corrected chi connectivity index (χ1v) is 9.48. The predicted molar refractivity (Wildman–Crippen MR) is 96.9 cm³/mol. The van der Waals surface area contributed by atoms with E-state index >= 15 is 0 Å². The van der Waals surface area contributed by atoms with Crippen LogP contribution in [-0.2, 0) is 4.79 Å². The fourth-order valence-corrected chi connectivity index (χ4v) is 4.00. The number of ether oxygens (including phenoxy) is 1. The molecule has 0 radical (unpaired) electrons. The molecule has 2 saturated heterocycles. The maximum absolute atomic E-state index is 12.4.